The predicted molar refractivity (Wildman–Crippen MR) is 130 cm³/mol. The van der Waals surface area contributed by atoms with Gasteiger partial charge in [-0.1, -0.05) is 70.8 Å². The molecule has 0 bridgehead atoms. The van der Waals surface area contributed by atoms with Crippen molar-refractivity contribution in [3.05, 3.63) is 29.3 Å². The molecule has 1 fully saturated rings. The molecule has 2 heterocycles. The molecular formula is C26H37N3O5. The van der Waals surface area contributed by atoms with Crippen molar-refractivity contribution >= 4 is 29.5 Å². The van der Waals surface area contributed by atoms with Crippen LogP contribution >= 0.6 is 0 Å². The Morgan fingerprint density at radius 3 is 2.29 bits per heavy atom. The summed E-state index contributed by atoms with van der Waals surface area (Å²) in [6, 6.07) is 4.37. The first-order chi connectivity index (χ1) is 16.4. The molecule has 1 unspecified atom stereocenters. The molecule has 1 saturated heterocycles. The zero-order chi connectivity index (χ0) is 24.5. The molecule has 34 heavy (non-hydrogen) atoms. The number of anilines is 1. The van der Waals surface area contributed by atoms with Crippen molar-refractivity contribution in [1.82, 2.24) is 10.2 Å². The topological polar surface area (TPSA) is 107 Å². The predicted octanol–water partition coefficient (Wildman–Crippen LogP) is 4.85. The number of hydrogen-bond acceptors (Lipinski definition) is 4. The molecule has 2 aliphatic heterocycles. The van der Waals surface area contributed by atoms with Gasteiger partial charge in [-0.3, -0.25) is 24.6 Å². The monoisotopic (exact) mass is 471 g/mol. The number of nitrogens with zero attached hydrogens (tertiary/aromatic N) is 2. The van der Waals surface area contributed by atoms with Crippen LogP contribution in [0, 0.1) is 0 Å². The number of piperidine rings is 1. The lowest BCUT2D eigenvalue weighted by Crippen LogP contribution is -2.52. The maximum atomic E-state index is 13.0. The highest BCUT2D eigenvalue weighted by atomic mass is 16.4. The molecule has 2 N–H and O–H groups in total. The van der Waals surface area contributed by atoms with Crippen LogP contribution in [-0.2, 0) is 16.1 Å². The van der Waals surface area contributed by atoms with Gasteiger partial charge in [0.15, 0.2) is 0 Å². The Labute approximate surface area is 201 Å². The first kappa shape index (κ1) is 25.7. The van der Waals surface area contributed by atoms with Crippen molar-refractivity contribution in [1.29, 1.82) is 0 Å². The van der Waals surface area contributed by atoms with Crippen LogP contribution in [0.1, 0.15) is 99.9 Å². The van der Waals surface area contributed by atoms with Gasteiger partial charge in [-0.15, -0.1) is 0 Å². The SMILES string of the molecule is CCCCCCCCCCCCN(C(=O)O)c1cccc2c1CN(C1CCC(=O)NC1=O)C2=O. The highest BCUT2D eigenvalue weighted by Crippen LogP contribution is 2.34. The molecule has 0 saturated carbocycles. The maximum absolute atomic E-state index is 13.0. The summed E-state index contributed by atoms with van der Waals surface area (Å²) in [4.78, 5) is 51.6. The van der Waals surface area contributed by atoms with E-state index in [9.17, 15) is 24.3 Å². The van der Waals surface area contributed by atoms with Gasteiger partial charge >= 0.3 is 6.09 Å². The average Bonchev–Trinajstić information content (AvgIpc) is 3.14. The Morgan fingerprint density at radius 2 is 1.68 bits per heavy atom. The van der Waals surface area contributed by atoms with Gasteiger partial charge in [-0.05, 0) is 25.0 Å². The number of hydrogen-bond donors (Lipinski definition) is 2. The van der Waals surface area contributed by atoms with Crippen molar-refractivity contribution < 1.29 is 24.3 Å². The minimum Gasteiger partial charge on any atom is -0.465 e. The van der Waals surface area contributed by atoms with Gasteiger partial charge in [-0.2, -0.15) is 0 Å². The lowest BCUT2D eigenvalue weighted by atomic mass is 10.0. The summed E-state index contributed by atoms with van der Waals surface area (Å²) in [6.07, 6.45) is 11.1. The number of unbranched alkanes of at least 4 members (excludes halogenated alkanes) is 9. The van der Waals surface area contributed by atoms with Gasteiger partial charge in [0.05, 0.1) is 5.69 Å². The Bertz CT molecular complexity index is 900. The van der Waals surface area contributed by atoms with Gasteiger partial charge in [0.2, 0.25) is 11.8 Å². The number of fused-ring (bicyclic) bond motifs is 1. The third-order valence-electron chi connectivity index (χ3n) is 6.81. The normalized spacial score (nSPS) is 17.6. The van der Waals surface area contributed by atoms with Crippen LogP contribution < -0.4 is 10.2 Å². The summed E-state index contributed by atoms with van der Waals surface area (Å²) in [6.45, 7) is 2.75. The number of benzene rings is 1. The molecule has 4 amide bonds. The molecule has 0 spiro atoms. The molecule has 0 aliphatic carbocycles. The quantitative estimate of drug-likeness (QED) is 0.316. The Hall–Kier alpha value is -2.90. The maximum Gasteiger partial charge on any atom is 0.411 e. The van der Waals surface area contributed by atoms with Gasteiger partial charge in [0.25, 0.3) is 5.91 Å². The smallest absolute Gasteiger partial charge is 0.411 e. The third kappa shape index (κ3) is 6.36. The summed E-state index contributed by atoms with van der Waals surface area (Å²) in [7, 11) is 0. The van der Waals surface area contributed by atoms with Gasteiger partial charge < -0.3 is 10.0 Å². The number of amides is 4. The van der Waals surface area contributed by atoms with Crippen molar-refractivity contribution in [3.8, 4) is 0 Å². The van der Waals surface area contributed by atoms with Crippen LogP contribution in [0.3, 0.4) is 0 Å². The van der Waals surface area contributed by atoms with Gasteiger partial charge in [-0.25, -0.2) is 4.79 Å². The minimum absolute atomic E-state index is 0.165. The lowest BCUT2D eigenvalue weighted by Gasteiger charge is -2.29. The molecule has 8 heteroatoms. The van der Waals surface area contributed by atoms with Crippen LogP contribution in [0.15, 0.2) is 18.2 Å². The molecule has 8 nitrogen and oxygen atoms in total. The zero-order valence-corrected chi connectivity index (χ0v) is 20.2. The first-order valence-electron chi connectivity index (χ1n) is 12.7. The molecular weight excluding hydrogens is 434 g/mol. The van der Waals surface area contributed by atoms with Crippen LogP contribution in [0.25, 0.3) is 0 Å². The lowest BCUT2D eigenvalue weighted by molar-refractivity contribution is -0.136. The summed E-state index contributed by atoms with van der Waals surface area (Å²) in [5, 5.41) is 12.2. The second-order valence-electron chi connectivity index (χ2n) is 9.32. The van der Waals surface area contributed by atoms with Crippen molar-refractivity contribution in [2.45, 2.75) is 96.6 Å². The molecule has 1 aromatic carbocycles. The number of carbonyl (C=O) groups is 4. The van der Waals surface area contributed by atoms with Gasteiger partial charge in [0.1, 0.15) is 6.04 Å². The average molecular weight is 472 g/mol. The Morgan fingerprint density at radius 1 is 1.03 bits per heavy atom. The molecule has 0 aromatic heterocycles. The second-order valence-corrected chi connectivity index (χ2v) is 9.32. The highest BCUT2D eigenvalue weighted by molar-refractivity contribution is 6.06. The summed E-state index contributed by atoms with van der Waals surface area (Å²) in [5.41, 5.74) is 1.56. The van der Waals surface area contributed by atoms with Crippen molar-refractivity contribution in [2.75, 3.05) is 11.4 Å². The fourth-order valence-electron chi connectivity index (χ4n) is 4.90. The Balaban J connectivity index is 1.56. The fourth-order valence-corrected chi connectivity index (χ4v) is 4.90. The van der Waals surface area contributed by atoms with E-state index in [2.05, 4.69) is 12.2 Å². The molecule has 2 aliphatic rings. The van der Waals surface area contributed by atoms with E-state index < -0.39 is 18.0 Å². The van der Waals surface area contributed by atoms with Crippen LogP contribution in [-0.4, -0.2) is 46.4 Å². The minimum atomic E-state index is -1.05. The molecule has 1 aromatic rings. The summed E-state index contributed by atoms with van der Waals surface area (Å²) < 4.78 is 0. The van der Waals surface area contributed by atoms with Crippen LogP contribution in [0.2, 0.25) is 0 Å². The van der Waals surface area contributed by atoms with Crippen LogP contribution in [0.4, 0.5) is 10.5 Å². The van der Waals surface area contributed by atoms with Crippen molar-refractivity contribution in [2.24, 2.45) is 0 Å². The van der Waals surface area contributed by atoms with E-state index >= 15 is 0 Å². The number of rotatable bonds is 13. The van der Waals surface area contributed by atoms with E-state index in [4.69, 9.17) is 0 Å². The Kier molecular flexibility index (Phi) is 9.48. The van der Waals surface area contributed by atoms with E-state index in [1.807, 2.05) is 0 Å². The standard InChI is InChI=1S/C26H37N3O5/c1-2-3-4-5-6-7-8-9-10-11-17-28(26(33)34)21-14-12-13-19-20(21)18-29(25(19)32)22-15-16-23(30)27-24(22)31/h12-14,22H,2-11,15-18H2,1H3,(H,33,34)(H,27,30,31). The van der Waals surface area contributed by atoms with E-state index in [0.29, 0.717) is 23.4 Å². The van der Waals surface area contributed by atoms with Gasteiger partial charge in [0, 0.05) is 30.6 Å². The van der Waals surface area contributed by atoms with Crippen LogP contribution in [0.5, 0.6) is 0 Å². The number of carboxylic acid groups (broad SMARTS) is 1. The molecule has 3 rings (SSSR count). The molecule has 186 valence electrons. The number of carbonyl (C=O) groups excluding carboxylic acids is 3. The van der Waals surface area contributed by atoms with Crippen molar-refractivity contribution in [3.63, 3.8) is 0 Å². The van der Waals surface area contributed by atoms with E-state index in [1.165, 1.54) is 54.7 Å². The largest absolute Gasteiger partial charge is 0.465 e. The summed E-state index contributed by atoms with van der Waals surface area (Å²) >= 11 is 0. The number of nitrogens with one attached hydrogen (secondary N) is 1. The number of imide groups is 1. The highest BCUT2D eigenvalue weighted by Gasteiger charge is 2.40. The van der Waals surface area contributed by atoms with E-state index in [0.717, 1.165) is 19.3 Å². The summed E-state index contributed by atoms with van der Waals surface area (Å²) in [5.74, 6) is -1.10. The molecule has 0 radical (unpaired) electrons. The zero-order valence-electron chi connectivity index (χ0n) is 20.2. The third-order valence-corrected chi connectivity index (χ3v) is 6.81. The van der Waals surface area contributed by atoms with E-state index in [1.54, 1.807) is 18.2 Å². The second kappa shape index (κ2) is 12.5. The fraction of sp³-hybridized carbons (Fsp3) is 0.615. The molecule has 1 atom stereocenters. The first-order valence-corrected chi connectivity index (χ1v) is 12.7. The van der Waals surface area contributed by atoms with E-state index in [-0.39, 0.29) is 31.2 Å².